The number of likely N-dealkylation sites (N-methyl/N-ethyl adjacent to an activating group) is 1. The largest absolute Gasteiger partial charge is 0.340 e. The molecule has 25 heavy (non-hydrogen) atoms. The summed E-state index contributed by atoms with van der Waals surface area (Å²) < 4.78 is 27.3. The van der Waals surface area contributed by atoms with Crippen LogP contribution in [0, 0.1) is 0 Å². The predicted octanol–water partition coefficient (Wildman–Crippen LogP) is 0.677. The Bertz CT molecular complexity index is 861. The zero-order valence-electron chi connectivity index (χ0n) is 14.2. The SMILES string of the molecule is CN1CCN(C(=O)CCNS(=O)(=O)c2cnc3ccccc3c2)CC1. The average molecular weight is 362 g/mol. The second kappa shape index (κ2) is 7.47. The number of carbonyl (C=O) groups is 1. The molecule has 1 aliphatic heterocycles. The van der Waals surface area contributed by atoms with Gasteiger partial charge in [0.15, 0.2) is 0 Å². The van der Waals surface area contributed by atoms with Crippen molar-refractivity contribution in [3.63, 3.8) is 0 Å². The van der Waals surface area contributed by atoms with E-state index in [1.54, 1.807) is 11.0 Å². The first-order valence-corrected chi connectivity index (χ1v) is 9.75. The van der Waals surface area contributed by atoms with Crippen molar-refractivity contribution in [1.82, 2.24) is 19.5 Å². The lowest BCUT2D eigenvalue weighted by Gasteiger charge is -2.32. The standard InChI is InChI=1S/C17H22N4O3S/c1-20-8-10-21(11-9-20)17(22)6-7-19-25(23,24)15-12-14-4-2-3-5-16(14)18-13-15/h2-5,12-13,19H,6-11H2,1H3. The van der Waals surface area contributed by atoms with Crippen molar-refractivity contribution in [3.05, 3.63) is 36.5 Å². The van der Waals surface area contributed by atoms with E-state index in [9.17, 15) is 13.2 Å². The Balaban J connectivity index is 1.58. The van der Waals surface area contributed by atoms with Gasteiger partial charge in [0.25, 0.3) is 0 Å². The molecule has 1 aliphatic rings. The number of hydrogen-bond donors (Lipinski definition) is 1. The molecule has 0 unspecified atom stereocenters. The van der Waals surface area contributed by atoms with E-state index < -0.39 is 10.0 Å². The highest BCUT2D eigenvalue weighted by atomic mass is 32.2. The molecule has 0 atom stereocenters. The number of pyridine rings is 1. The van der Waals surface area contributed by atoms with Crippen LogP contribution in [0.15, 0.2) is 41.4 Å². The van der Waals surface area contributed by atoms with Gasteiger partial charge < -0.3 is 9.80 Å². The van der Waals surface area contributed by atoms with Gasteiger partial charge in [-0.2, -0.15) is 0 Å². The zero-order valence-corrected chi connectivity index (χ0v) is 15.0. The number of benzene rings is 1. The van der Waals surface area contributed by atoms with E-state index in [1.165, 1.54) is 6.20 Å². The van der Waals surface area contributed by atoms with Gasteiger partial charge >= 0.3 is 0 Å². The summed E-state index contributed by atoms with van der Waals surface area (Å²) in [5.41, 5.74) is 0.742. The molecule has 3 rings (SSSR count). The Labute approximate surface area is 147 Å². The first kappa shape index (κ1) is 17.8. The number of sulfonamides is 1. The third-order valence-corrected chi connectivity index (χ3v) is 5.79. The number of fused-ring (bicyclic) bond motifs is 1. The number of piperazine rings is 1. The van der Waals surface area contributed by atoms with Crippen molar-refractivity contribution in [3.8, 4) is 0 Å². The summed E-state index contributed by atoms with van der Waals surface area (Å²) in [6.45, 7) is 3.16. The minimum atomic E-state index is -3.68. The van der Waals surface area contributed by atoms with E-state index in [2.05, 4.69) is 14.6 Å². The number of para-hydroxylation sites is 1. The topological polar surface area (TPSA) is 82.6 Å². The van der Waals surface area contributed by atoms with Crippen LogP contribution in [0.3, 0.4) is 0 Å². The molecule has 2 aromatic rings. The predicted molar refractivity (Wildman–Crippen MR) is 95.6 cm³/mol. The molecule has 0 bridgehead atoms. The second-order valence-corrected chi connectivity index (χ2v) is 7.96. The van der Waals surface area contributed by atoms with Gasteiger partial charge in [-0.05, 0) is 19.2 Å². The molecule has 134 valence electrons. The molecular weight excluding hydrogens is 340 g/mol. The molecule has 0 aliphatic carbocycles. The van der Waals surface area contributed by atoms with E-state index in [4.69, 9.17) is 0 Å². The highest BCUT2D eigenvalue weighted by Gasteiger charge is 2.20. The van der Waals surface area contributed by atoms with E-state index in [0.717, 1.165) is 24.0 Å². The maximum absolute atomic E-state index is 12.4. The van der Waals surface area contributed by atoms with Gasteiger partial charge in [0, 0.05) is 50.7 Å². The van der Waals surface area contributed by atoms with Crippen molar-refractivity contribution in [1.29, 1.82) is 0 Å². The van der Waals surface area contributed by atoms with Crippen molar-refractivity contribution in [2.45, 2.75) is 11.3 Å². The lowest BCUT2D eigenvalue weighted by atomic mass is 10.2. The van der Waals surface area contributed by atoms with Crippen LogP contribution in [0.1, 0.15) is 6.42 Å². The summed E-state index contributed by atoms with van der Waals surface area (Å²) in [4.78, 5) is 20.4. The van der Waals surface area contributed by atoms with E-state index in [-0.39, 0.29) is 23.8 Å². The third kappa shape index (κ3) is 4.33. The van der Waals surface area contributed by atoms with Crippen LogP contribution in [-0.4, -0.2) is 68.9 Å². The van der Waals surface area contributed by atoms with E-state index in [1.807, 2.05) is 31.3 Å². The number of aromatic nitrogens is 1. The van der Waals surface area contributed by atoms with Gasteiger partial charge in [-0.25, -0.2) is 13.1 Å². The summed E-state index contributed by atoms with van der Waals surface area (Å²) in [7, 11) is -1.66. The molecular formula is C17H22N4O3S. The van der Waals surface area contributed by atoms with Gasteiger partial charge in [-0.3, -0.25) is 9.78 Å². The Morgan fingerprint density at radius 1 is 1.20 bits per heavy atom. The van der Waals surface area contributed by atoms with Crippen molar-refractivity contribution >= 4 is 26.8 Å². The first-order valence-electron chi connectivity index (χ1n) is 8.26. The van der Waals surface area contributed by atoms with Crippen LogP contribution in [0.5, 0.6) is 0 Å². The van der Waals surface area contributed by atoms with Crippen molar-refractivity contribution in [2.24, 2.45) is 0 Å². The number of hydrogen-bond acceptors (Lipinski definition) is 5. The first-order chi connectivity index (χ1) is 12.0. The maximum Gasteiger partial charge on any atom is 0.242 e. The summed E-state index contributed by atoms with van der Waals surface area (Å²) in [5, 5.41) is 0.763. The molecule has 1 N–H and O–H groups in total. The van der Waals surface area contributed by atoms with E-state index >= 15 is 0 Å². The molecule has 1 saturated heterocycles. The van der Waals surface area contributed by atoms with Gasteiger partial charge in [0.2, 0.25) is 15.9 Å². The summed E-state index contributed by atoms with van der Waals surface area (Å²) in [6, 6.07) is 8.92. The lowest BCUT2D eigenvalue weighted by molar-refractivity contribution is -0.132. The van der Waals surface area contributed by atoms with E-state index in [0.29, 0.717) is 13.1 Å². The Morgan fingerprint density at radius 2 is 1.92 bits per heavy atom. The summed E-state index contributed by atoms with van der Waals surface area (Å²) >= 11 is 0. The molecule has 1 aromatic carbocycles. The Morgan fingerprint density at radius 3 is 2.68 bits per heavy atom. The summed E-state index contributed by atoms with van der Waals surface area (Å²) in [6.07, 6.45) is 1.50. The fourth-order valence-corrected chi connectivity index (χ4v) is 3.80. The number of rotatable bonds is 5. The molecule has 2 heterocycles. The monoisotopic (exact) mass is 362 g/mol. The van der Waals surface area contributed by atoms with Crippen molar-refractivity contribution < 1.29 is 13.2 Å². The van der Waals surface area contributed by atoms with Crippen LogP contribution in [0.2, 0.25) is 0 Å². The van der Waals surface area contributed by atoms with Gasteiger partial charge in [-0.15, -0.1) is 0 Å². The fraction of sp³-hybridized carbons (Fsp3) is 0.412. The lowest BCUT2D eigenvalue weighted by Crippen LogP contribution is -2.47. The second-order valence-electron chi connectivity index (χ2n) is 6.20. The molecule has 0 spiro atoms. The Hall–Kier alpha value is -2.03. The molecule has 8 heteroatoms. The molecule has 1 amide bonds. The minimum absolute atomic E-state index is 0.0209. The van der Waals surface area contributed by atoms with Gasteiger partial charge in [-0.1, -0.05) is 18.2 Å². The third-order valence-electron chi connectivity index (χ3n) is 4.36. The number of amides is 1. The highest BCUT2D eigenvalue weighted by molar-refractivity contribution is 7.89. The Kier molecular flexibility index (Phi) is 5.31. The van der Waals surface area contributed by atoms with Crippen LogP contribution in [0.25, 0.3) is 10.9 Å². The van der Waals surface area contributed by atoms with Gasteiger partial charge in [0.05, 0.1) is 5.52 Å². The van der Waals surface area contributed by atoms with Gasteiger partial charge in [0.1, 0.15) is 4.90 Å². The smallest absolute Gasteiger partial charge is 0.242 e. The number of nitrogens with zero attached hydrogens (tertiary/aromatic N) is 3. The zero-order chi connectivity index (χ0) is 17.9. The highest BCUT2D eigenvalue weighted by Crippen LogP contribution is 2.16. The molecule has 1 aromatic heterocycles. The number of nitrogens with one attached hydrogen (secondary N) is 1. The molecule has 1 fully saturated rings. The molecule has 0 radical (unpaired) electrons. The minimum Gasteiger partial charge on any atom is -0.340 e. The fourth-order valence-electron chi connectivity index (χ4n) is 2.79. The average Bonchev–Trinajstić information content (AvgIpc) is 2.61. The van der Waals surface area contributed by atoms with Crippen LogP contribution >= 0.6 is 0 Å². The quantitative estimate of drug-likeness (QED) is 0.846. The van der Waals surface area contributed by atoms with Crippen LogP contribution < -0.4 is 4.72 Å². The normalized spacial score (nSPS) is 16.3. The summed E-state index contributed by atoms with van der Waals surface area (Å²) in [5.74, 6) is -0.0209. The van der Waals surface area contributed by atoms with Crippen LogP contribution in [0.4, 0.5) is 0 Å². The maximum atomic E-state index is 12.4. The van der Waals surface area contributed by atoms with Crippen LogP contribution in [-0.2, 0) is 14.8 Å². The molecule has 0 saturated carbocycles. The number of carbonyl (C=O) groups excluding carboxylic acids is 1. The molecule has 7 nitrogen and oxygen atoms in total. The van der Waals surface area contributed by atoms with Crippen molar-refractivity contribution in [2.75, 3.05) is 39.8 Å².